The second kappa shape index (κ2) is 5.37. The molecule has 1 N–H and O–H groups in total. The van der Waals surface area contributed by atoms with Gasteiger partial charge in [0.2, 0.25) is 0 Å². The van der Waals surface area contributed by atoms with E-state index in [0.717, 1.165) is 28.0 Å². The zero-order valence-corrected chi connectivity index (χ0v) is 13.7. The number of rotatable bonds is 2. The molecule has 3 rings (SSSR count). The Kier molecular flexibility index (Phi) is 3.69. The first-order valence-electron chi connectivity index (χ1n) is 6.26. The Labute approximate surface area is 137 Å². The molecule has 0 saturated heterocycles. The van der Waals surface area contributed by atoms with Gasteiger partial charge < -0.3 is 9.72 Å². The number of aromatic amines is 1. The van der Waals surface area contributed by atoms with E-state index in [1.54, 1.807) is 7.11 Å². The van der Waals surface area contributed by atoms with Gasteiger partial charge in [0, 0.05) is 11.1 Å². The molecule has 0 aliphatic heterocycles. The second-order valence-electron chi connectivity index (χ2n) is 4.70. The minimum atomic E-state index is 0.556. The molecule has 2 aromatic carbocycles. The number of hydrogen-bond acceptors (Lipinski definition) is 2. The highest BCUT2D eigenvalue weighted by Gasteiger charge is 2.12. The molecule has 0 amide bonds. The average molecular weight is 339 g/mol. The molecule has 0 aliphatic rings. The molecule has 1 heterocycles. The van der Waals surface area contributed by atoms with Crippen LogP contribution in [0.3, 0.4) is 0 Å². The zero-order valence-electron chi connectivity index (χ0n) is 11.4. The highest BCUT2D eigenvalue weighted by molar-refractivity contribution is 7.71. The topological polar surface area (TPSA) is 29.9 Å². The fourth-order valence-corrected chi connectivity index (χ4v) is 3.02. The van der Waals surface area contributed by atoms with E-state index in [4.69, 9.17) is 40.2 Å². The molecule has 0 saturated carbocycles. The van der Waals surface area contributed by atoms with Crippen LogP contribution in [-0.2, 0) is 0 Å². The number of benzene rings is 2. The summed E-state index contributed by atoms with van der Waals surface area (Å²) in [4.78, 5) is 3.16. The molecule has 0 aliphatic carbocycles. The molecule has 1 aromatic heterocycles. The summed E-state index contributed by atoms with van der Waals surface area (Å²) in [6, 6.07) is 9.36. The van der Waals surface area contributed by atoms with Crippen molar-refractivity contribution >= 4 is 46.5 Å². The molecule has 3 nitrogen and oxygen atoms in total. The molecule has 0 atom stereocenters. The number of halogens is 2. The van der Waals surface area contributed by atoms with Gasteiger partial charge in [0.1, 0.15) is 5.75 Å². The van der Waals surface area contributed by atoms with E-state index in [1.807, 2.05) is 41.8 Å². The van der Waals surface area contributed by atoms with Crippen LogP contribution in [0.15, 0.2) is 30.3 Å². The number of nitrogens with one attached hydrogen (secondary N) is 1. The van der Waals surface area contributed by atoms with E-state index >= 15 is 0 Å². The van der Waals surface area contributed by atoms with Gasteiger partial charge >= 0.3 is 0 Å². The Morgan fingerprint density at radius 3 is 2.62 bits per heavy atom. The van der Waals surface area contributed by atoms with Gasteiger partial charge in [-0.05, 0) is 49.0 Å². The van der Waals surface area contributed by atoms with Crippen LogP contribution in [0.1, 0.15) is 5.56 Å². The van der Waals surface area contributed by atoms with E-state index in [9.17, 15) is 0 Å². The number of hydrogen-bond donors (Lipinski definition) is 1. The molecule has 0 spiro atoms. The quantitative estimate of drug-likeness (QED) is 0.641. The molecule has 0 radical (unpaired) electrons. The zero-order chi connectivity index (χ0) is 15.1. The number of ether oxygens (including phenoxy) is 1. The number of nitrogens with zero attached hydrogens (tertiary/aromatic N) is 1. The number of aryl methyl sites for hydroxylation is 1. The maximum atomic E-state index is 6.37. The Balaban J connectivity index is 2.36. The van der Waals surface area contributed by atoms with Crippen LogP contribution < -0.4 is 4.74 Å². The summed E-state index contributed by atoms with van der Waals surface area (Å²) in [6.07, 6.45) is 0. The first-order valence-corrected chi connectivity index (χ1v) is 7.42. The van der Waals surface area contributed by atoms with Gasteiger partial charge in [0.25, 0.3) is 0 Å². The van der Waals surface area contributed by atoms with Gasteiger partial charge in [0.15, 0.2) is 4.77 Å². The summed E-state index contributed by atoms with van der Waals surface area (Å²) in [5, 5.41) is 1.24. The van der Waals surface area contributed by atoms with Gasteiger partial charge in [-0.1, -0.05) is 23.2 Å². The fourth-order valence-electron chi connectivity index (χ4n) is 2.26. The Hall–Kier alpha value is -1.49. The third kappa shape index (κ3) is 2.44. The lowest BCUT2D eigenvalue weighted by molar-refractivity contribution is 0.415. The van der Waals surface area contributed by atoms with Crippen molar-refractivity contribution in [1.29, 1.82) is 0 Å². The third-order valence-electron chi connectivity index (χ3n) is 3.36. The Morgan fingerprint density at radius 2 is 1.90 bits per heavy atom. The van der Waals surface area contributed by atoms with Crippen LogP contribution >= 0.6 is 35.4 Å². The van der Waals surface area contributed by atoms with Crippen molar-refractivity contribution < 1.29 is 4.74 Å². The maximum absolute atomic E-state index is 6.37. The van der Waals surface area contributed by atoms with Crippen molar-refractivity contribution in [3.8, 4) is 11.4 Å². The minimum absolute atomic E-state index is 0.556. The molecular weight excluding hydrogens is 327 g/mol. The second-order valence-corrected chi connectivity index (χ2v) is 5.90. The molecular formula is C15H12Cl2N2OS. The number of methoxy groups -OCH3 is 1. The SMILES string of the molecule is COc1ccc2[nH]c(=S)n(-c3cc(Cl)c(C)cc3Cl)c2c1. The van der Waals surface area contributed by atoms with Crippen LogP contribution in [0.2, 0.25) is 10.0 Å². The summed E-state index contributed by atoms with van der Waals surface area (Å²) < 4.78 is 7.69. The van der Waals surface area contributed by atoms with Crippen molar-refractivity contribution in [3.63, 3.8) is 0 Å². The van der Waals surface area contributed by atoms with Crippen molar-refractivity contribution in [2.24, 2.45) is 0 Å². The minimum Gasteiger partial charge on any atom is -0.497 e. The van der Waals surface area contributed by atoms with Crippen LogP contribution in [0, 0.1) is 11.7 Å². The number of fused-ring (bicyclic) bond motifs is 1. The maximum Gasteiger partial charge on any atom is 0.182 e. The number of imidazole rings is 1. The monoisotopic (exact) mass is 338 g/mol. The van der Waals surface area contributed by atoms with E-state index in [1.165, 1.54) is 0 Å². The predicted octanol–water partition coefficient (Wildman–Crippen LogP) is 5.31. The normalized spacial score (nSPS) is 11.0. The summed E-state index contributed by atoms with van der Waals surface area (Å²) in [5.74, 6) is 0.750. The van der Waals surface area contributed by atoms with Crippen molar-refractivity contribution in [3.05, 3.63) is 50.7 Å². The van der Waals surface area contributed by atoms with Crippen molar-refractivity contribution in [2.75, 3.05) is 7.11 Å². The largest absolute Gasteiger partial charge is 0.497 e. The van der Waals surface area contributed by atoms with Gasteiger partial charge in [-0.2, -0.15) is 0 Å². The summed E-state index contributed by atoms with van der Waals surface area (Å²) in [5.41, 5.74) is 3.47. The Morgan fingerprint density at radius 1 is 1.14 bits per heavy atom. The van der Waals surface area contributed by atoms with E-state index in [-0.39, 0.29) is 0 Å². The smallest absolute Gasteiger partial charge is 0.182 e. The summed E-state index contributed by atoms with van der Waals surface area (Å²) >= 11 is 18.0. The third-order valence-corrected chi connectivity index (χ3v) is 4.35. The van der Waals surface area contributed by atoms with Crippen LogP contribution in [0.5, 0.6) is 5.75 Å². The molecule has 108 valence electrons. The highest BCUT2D eigenvalue weighted by atomic mass is 35.5. The summed E-state index contributed by atoms with van der Waals surface area (Å²) in [7, 11) is 1.63. The highest BCUT2D eigenvalue weighted by Crippen LogP contribution is 2.31. The lowest BCUT2D eigenvalue weighted by Crippen LogP contribution is -1.96. The van der Waals surface area contributed by atoms with Gasteiger partial charge in [-0.25, -0.2) is 0 Å². The fraction of sp³-hybridized carbons (Fsp3) is 0.133. The summed E-state index contributed by atoms with van der Waals surface area (Å²) in [6.45, 7) is 1.91. The molecule has 3 aromatic rings. The predicted molar refractivity (Wildman–Crippen MR) is 89.8 cm³/mol. The molecule has 6 heteroatoms. The first-order chi connectivity index (χ1) is 10.0. The van der Waals surface area contributed by atoms with Crippen LogP contribution in [0.4, 0.5) is 0 Å². The van der Waals surface area contributed by atoms with E-state index in [0.29, 0.717) is 14.8 Å². The van der Waals surface area contributed by atoms with Crippen LogP contribution in [0.25, 0.3) is 16.7 Å². The number of aromatic nitrogens is 2. The van der Waals surface area contributed by atoms with E-state index < -0.39 is 0 Å². The molecule has 0 fully saturated rings. The van der Waals surface area contributed by atoms with Crippen LogP contribution in [-0.4, -0.2) is 16.7 Å². The Bertz CT molecular complexity index is 899. The molecule has 21 heavy (non-hydrogen) atoms. The molecule has 0 bridgehead atoms. The van der Waals surface area contributed by atoms with Crippen molar-refractivity contribution in [1.82, 2.24) is 9.55 Å². The van der Waals surface area contributed by atoms with Gasteiger partial charge in [-0.15, -0.1) is 0 Å². The van der Waals surface area contributed by atoms with E-state index in [2.05, 4.69) is 4.98 Å². The molecule has 0 unspecified atom stereocenters. The van der Waals surface area contributed by atoms with Crippen molar-refractivity contribution in [2.45, 2.75) is 6.92 Å². The lowest BCUT2D eigenvalue weighted by Gasteiger charge is -2.10. The lowest BCUT2D eigenvalue weighted by atomic mass is 10.2. The van der Waals surface area contributed by atoms with Gasteiger partial charge in [-0.3, -0.25) is 4.57 Å². The van der Waals surface area contributed by atoms with Gasteiger partial charge in [0.05, 0.1) is 28.9 Å². The first kappa shape index (κ1) is 14.4. The number of H-pyrrole nitrogens is 1. The average Bonchev–Trinajstić information content (AvgIpc) is 2.78. The standard InChI is InChI=1S/C15H12Cl2N2OS/c1-8-5-11(17)13(7-10(8)16)19-14-6-9(20-2)3-4-12(14)18-15(19)21/h3-7H,1-2H3,(H,18,21).